The van der Waals surface area contributed by atoms with E-state index in [0.717, 1.165) is 43.7 Å². The molecule has 1 aliphatic rings. The number of nitrogens with one attached hydrogen (secondary N) is 1. The number of hydrogen-bond acceptors (Lipinski definition) is 2. The molecule has 4 heteroatoms. The number of halogens is 2. The van der Waals surface area contributed by atoms with E-state index in [9.17, 15) is 8.78 Å². The third-order valence-corrected chi connectivity index (χ3v) is 4.06. The fourth-order valence-electron chi connectivity index (χ4n) is 2.98. The molecule has 0 aromatic heterocycles. The Morgan fingerprint density at radius 2 is 1.80 bits per heavy atom. The normalized spacial score (nSPS) is 22.3. The SMILES string of the molecule is CCCC1CCC(Nc2c(F)cc(C#N)cc2F)CC1. The van der Waals surface area contributed by atoms with Crippen LogP contribution in [-0.2, 0) is 0 Å². The van der Waals surface area contributed by atoms with Crippen molar-refractivity contribution in [2.45, 2.75) is 51.5 Å². The second-order valence-electron chi connectivity index (χ2n) is 5.58. The van der Waals surface area contributed by atoms with Crippen LogP contribution in [0.5, 0.6) is 0 Å². The van der Waals surface area contributed by atoms with Crippen molar-refractivity contribution < 1.29 is 8.78 Å². The lowest BCUT2D eigenvalue weighted by Crippen LogP contribution is -2.27. The summed E-state index contributed by atoms with van der Waals surface area (Å²) in [4.78, 5) is 0. The quantitative estimate of drug-likeness (QED) is 0.873. The zero-order valence-corrected chi connectivity index (χ0v) is 11.8. The minimum Gasteiger partial charge on any atom is -0.378 e. The highest BCUT2D eigenvalue weighted by molar-refractivity contribution is 5.51. The number of benzene rings is 1. The molecule has 1 aromatic rings. The fourth-order valence-corrected chi connectivity index (χ4v) is 2.98. The van der Waals surface area contributed by atoms with Crippen LogP contribution < -0.4 is 5.32 Å². The minimum atomic E-state index is -0.683. The predicted octanol–water partition coefficient (Wildman–Crippen LogP) is 4.61. The van der Waals surface area contributed by atoms with Gasteiger partial charge in [-0.3, -0.25) is 0 Å². The smallest absolute Gasteiger partial charge is 0.150 e. The lowest BCUT2D eigenvalue weighted by molar-refractivity contribution is 0.318. The maximum Gasteiger partial charge on any atom is 0.150 e. The molecule has 1 saturated carbocycles. The summed E-state index contributed by atoms with van der Waals surface area (Å²) >= 11 is 0. The van der Waals surface area contributed by atoms with Crippen LogP contribution in [0.3, 0.4) is 0 Å². The van der Waals surface area contributed by atoms with E-state index in [0.29, 0.717) is 0 Å². The van der Waals surface area contributed by atoms with Gasteiger partial charge >= 0.3 is 0 Å². The monoisotopic (exact) mass is 278 g/mol. The molecule has 0 aliphatic heterocycles. The van der Waals surface area contributed by atoms with Gasteiger partial charge in [-0.2, -0.15) is 5.26 Å². The van der Waals surface area contributed by atoms with Crippen molar-refractivity contribution in [1.29, 1.82) is 5.26 Å². The molecule has 0 heterocycles. The van der Waals surface area contributed by atoms with Gasteiger partial charge in [0.15, 0.2) is 11.6 Å². The number of hydrogen-bond donors (Lipinski definition) is 1. The first-order valence-corrected chi connectivity index (χ1v) is 7.29. The predicted molar refractivity (Wildman–Crippen MR) is 75.3 cm³/mol. The lowest BCUT2D eigenvalue weighted by atomic mass is 9.83. The van der Waals surface area contributed by atoms with Gasteiger partial charge in [0.1, 0.15) is 5.69 Å². The van der Waals surface area contributed by atoms with Gasteiger partial charge in [0.2, 0.25) is 0 Å². The van der Waals surface area contributed by atoms with Crippen molar-refractivity contribution >= 4 is 5.69 Å². The van der Waals surface area contributed by atoms with Crippen molar-refractivity contribution in [1.82, 2.24) is 0 Å². The fraction of sp³-hybridized carbons (Fsp3) is 0.562. The highest BCUT2D eigenvalue weighted by Gasteiger charge is 2.22. The molecule has 1 aliphatic carbocycles. The van der Waals surface area contributed by atoms with Crippen molar-refractivity contribution in [3.63, 3.8) is 0 Å². The zero-order valence-electron chi connectivity index (χ0n) is 11.8. The van der Waals surface area contributed by atoms with Crippen LogP contribution in [0.2, 0.25) is 0 Å². The first kappa shape index (κ1) is 14.8. The summed E-state index contributed by atoms with van der Waals surface area (Å²) < 4.78 is 27.6. The Balaban J connectivity index is 2.00. The van der Waals surface area contributed by atoms with Crippen LogP contribution in [0, 0.1) is 28.9 Å². The molecule has 0 bridgehead atoms. The maximum atomic E-state index is 13.8. The van der Waals surface area contributed by atoms with Crippen LogP contribution >= 0.6 is 0 Å². The summed E-state index contributed by atoms with van der Waals surface area (Å²) in [6, 6.07) is 4.03. The first-order valence-electron chi connectivity index (χ1n) is 7.29. The van der Waals surface area contributed by atoms with Gasteiger partial charge in [0.25, 0.3) is 0 Å². The standard InChI is InChI=1S/C16H20F2N2/c1-2-3-11-4-6-13(7-5-11)20-16-14(17)8-12(10-19)9-15(16)18/h8-9,11,13,20H,2-7H2,1H3. The minimum absolute atomic E-state index is 0.0113. The molecule has 1 N–H and O–H groups in total. The van der Waals surface area contributed by atoms with Gasteiger partial charge < -0.3 is 5.32 Å². The Bertz CT molecular complexity index is 477. The van der Waals surface area contributed by atoms with Crippen LogP contribution in [0.4, 0.5) is 14.5 Å². The van der Waals surface area contributed by atoms with Gasteiger partial charge in [0, 0.05) is 6.04 Å². The van der Waals surface area contributed by atoms with Gasteiger partial charge in [-0.15, -0.1) is 0 Å². The maximum absolute atomic E-state index is 13.8. The van der Waals surface area contributed by atoms with Crippen molar-refractivity contribution in [2.24, 2.45) is 5.92 Å². The van der Waals surface area contributed by atoms with E-state index in [2.05, 4.69) is 12.2 Å². The molecule has 0 radical (unpaired) electrons. The van der Waals surface area contributed by atoms with Gasteiger partial charge in [-0.05, 0) is 43.7 Å². The molecule has 0 amide bonds. The molecule has 2 rings (SSSR count). The van der Waals surface area contributed by atoms with E-state index in [-0.39, 0.29) is 17.3 Å². The molecule has 0 unspecified atom stereocenters. The largest absolute Gasteiger partial charge is 0.378 e. The summed E-state index contributed by atoms with van der Waals surface area (Å²) in [6.07, 6.45) is 6.57. The van der Waals surface area contributed by atoms with E-state index in [1.54, 1.807) is 6.07 Å². The van der Waals surface area contributed by atoms with Crippen LogP contribution in [0.15, 0.2) is 12.1 Å². The average molecular weight is 278 g/mol. The molecule has 1 fully saturated rings. The number of nitriles is 1. The summed E-state index contributed by atoms with van der Waals surface area (Å²) in [5.74, 6) is -0.608. The topological polar surface area (TPSA) is 35.8 Å². The van der Waals surface area contributed by atoms with E-state index in [1.165, 1.54) is 12.8 Å². The third kappa shape index (κ3) is 3.47. The molecule has 0 saturated heterocycles. The highest BCUT2D eigenvalue weighted by atomic mass is 19.1. The van der Waals surface area contributed by atoms with E-state index in [4.69, 9.17) is 5.26 Å². The average Bonchev–Trinajstić information content (AvgIpc) is 2.44. The summed E-state index contributed by atoms with van der Waals surface area (Å²) in [5.41, 5.74) is -0.0832. The molecule has 20 heavy (non-hydrogen) atoms. The van der Waals surface area contributed by atoms with Crippen LogP contribution in [-0.4, -0.2) is 6.04 Å². The zero-order chi connectivity index (χ0) is 14.5. The van der Waals surface area contributed by atoms with Gasteiger partial charge in [-0.1, -0.05) is 19.8 Å². The molecule has 1 aromatic carbocycles. The van der Waals surface area contributed by atoms with Crippen molar-refractivity contribution in [3.05, 3.63) is 29.3 Å². The highest BCUT2D eigenvalue weighted by Crippen LogP contribution is 2.31. The van der Waals surface area contributed by atoms with Crippen molar-refractivity contribution in [2.75, 3.05) is 5.32 Å². The van der Waals surface area contributed by atoms with E-state index >= 15 is 0 Å². The summed E-state index contributed by atoms with van der Waals surface area (Å²) in [5, 5.41) is 11.6. The third-order valence-electron chi connectivity index (χ3n) is 4.06. The van der Waals surface area contributed by atoms with Gasteiger partial charge in [-0.25, -0.2) is 8.78 Å². The van der Waals surface area contributed by atoms with E-state index in [1.807, 2.05) is 0 Å². The molecular weight excluding hydrogens is 258 g/mol. The summed E-state index contributed by atoms with van der Waals surface area (Å²) in [7, 11) is 0. The van der Waals surface area contributed by atoms with Crippen LogP contribution in [0.1, 0.15) is 51.0 Å². The molecular formula is C16H20F2N2. The summed E-state index contributed by atoms with van der Waals surface area (Å²) in [6.45, 7) is 2.19. The molecule has 108 valence electrons. The second-order valence-corrected chi connectivity index (χ2v) is 5.58. The Morgan fingerprint density at radius 1 is 1.20 bits per heavy atom. The Hall–Kier alpha value is -1.63. The van der Waals surface area contributed by atoms with Gasteiger partial charge in [0.05, 0.1) is 11.6 Å². The Labute approximate surface area is 118 Å². The molecule has 0 spiro atoms. The van der Waals surface area contributed by atoms with E-state index < -0.39 is 11.6 Å². The second kappa shape index (κ2) is 6.69. The first-order chi connectivity index (χ1) is 9.63. The lowest BCUT2D eigenvalue weighted by Gasteiger charge is -2.29. The number of rotatable bonds is 4. The molecule has 2 nitrogen and oxygen atoms in total. The number of anilines is 1. The van der Waals surface area contributed by atoms with Crippen LogP contribution in [0.25, 0.3) is 0 Å². The number of nitrogens with zero attached hydrogens (tertiary/aromatic N) is 1. The van der Waals surface area contributed by atoms with Crippen molar-refractivity contribution in [3.8, 4) is 6.07 Å². The Morgan fingerprint density at radius 3 is 2.30 bits per heavy atom. The Kier molecular flexibility index (Phi) is 4.94. The molecule has 0 atom stereocenters.